The molecule has 25 heavy (non-hydrogen) atoms. The predicted molar refractivity (Wildman–Crippen MR) is 99.8 cm³/mol. The number of rotatable bonds is 7. The highest BCUT2D eigenvalue weighted by molar-refractivity contribution is 5.89. The van der Waals surface area contributed by atoms with Gasteiger partial charge in [-0.3, -0.25) is 9.59 Å². The summed E-state index contributed by atoms with van der Waals surface area (Å²) in [4.78, 5) is 26.7. The number of likely N-dealkylation sites (tertiary alicyclic amines) is 1. The first kappa shape index (κ1) is 19.4. The van der Waals surface area contributed by atoms with Crippen molar-refractivity contribution in [3.05, 3.63) is 35.4 Å². The minimum Gasteiger partial charge on any atom is -0.349 e. The van der Waals surface area contributed by atoms with Gasteiger partial charge in [-0.05, 0) is 31.7 Å². The van der Waals surface area contributed by atoms with Gasteiger partial charge in [-0.2, -0.15) is 0 Å². The first-order chi connectivity index (χ1) is 11.7. The SMILES string of the molecule is Cc1ccc(CN2CC(C(=O)NC(C)(CN)CC(C)C)CC2=O)cc1. The van der Waals surface area contributed by atoms with Gasteiger partial charge in [0.05, 0.1) is 5.92 Å². The van der Waals surface area contributed by atoms with Crippen LogP contribution in [-0.2, 0) is 16.1 Å². The number of amides is 2. The standard InChI is InChI=1S/C20H31N3O2/c1-14(2)10-20(4,13-21)22-19(25)17-9-18(24)23(12-17)11-16-7-5-15(3)6-8-16/h5-8,14,17H,9-13,21H2,1-4H3,(H,22,25). The smallest absolute Gasteiger partial charge is 0.225 e. The van der Waals surface area contributed by atoms with Gasteiger partial charge in [-0.15, -0.1) is 0 Å². The Morgan fingerprint density at radius 2 is 2.00 bits per heavy atom. The summed E-state index contributed by atoms with van der Waals surface area (Å²) in [5.74, 6) is 0.125. The van der Waals surface area contributed by atoms with Gasteiger partial charge in [-0.25, -0.2) is 0 Å². The number of nitrogens with one attached hydrogen (secondary N) is 1. The average Bonchev–Trinajstić information content (AvgIpc) is 2.90. The van der Waals surface area contributed by atoms with Crippen LogP contribution in [0.3, 0.4) is 0 Å². The molecule has 2 rings (SSSR count). The third-order valence-electron chi connectivity index (χ3n) is 4.81. The predicted octanol–water partition coefficient (Wildman–Crippen LogP) is 2.22. The summed E-state index contributed by atoms with van der Waals surface area (Å²) in [6.45, 7) is 9.67. The van der Waals surface area contributed by atoms with E-state index < -0.39 is 5.54 Å². The number of nitrogens with zero attached hydrogens (tertiary/aromatic N) is 1. The van der Waals surface area contributed by atoms with Crippen LogP contribution < -0.4 is 11.1 Å². The largest absolute Gasteiger partial charge is 0.349 e. The van der Waals surface area contributed by atoms with E-state index in [0.29, 0.717) is 25.6 Å². The van der Waals surface area contributed by atoms with E-state index in [0.717, 1.165) is 12.0 Å². The summed E-state index contributed by atoms with van der Waals surface area (Å²) in [6.07, 6.45) is 1.10. The highest BCUT2D eigenvalue weighted by Crippen LogP contribution is 2.23. The van der Waals surface area contributed by atoms with Crippen LogP contribution >= 0.6 is 0 Å². The van der Waals surface area contributed by atoms with E-state index in [1.165, 1.54) is 5.56 Å². The molecule has 5 nitrogen and oxygen atoms in total. The molecule has 1 aliphatic heterocycles. The summed E-state index contributed by atoms with van der Waals surface area (Å²) in [7, 11) is 0. The fourth-order valence-corrected chi connectivity index (χ4v) is 3.50. The van der Waals surface area contributed by atoms with E-state index >= 15 is 0 Å². The fraction of sp³-hybridized carbons (Fsp3) is 0.600. The normalized spacial score (nSPS) is 20.0. The molecule has 0 bridgehead atoms. The molecular weight excluding hydrogens is 314 g/mol. The van der Waals surface area contributed by atoms with Crippen molar-refractivity contribution in [3.8, 4) is 0 Å². The number of hydrogen-bond donors (Lipinski definition) is 2. The van der Waals surface area contributed by atoms with Gasteiger partial charge < -0.3 is 16.0 Å². The van der Waals surface area contributed by atoms with Crippen LogP contribution in [0.25, 0.3) is 0 Å². The van der Waals surface area contributed by atoms with Gasteiger partial charge in [0, 0.05) is 31.6 Å². The second kappa shape index (κ2) is 8.00. The van der Waals surface area contributed by atoms with Crippen molar-refractivity contribution >= 4 is 11.8 Å². The summed E-state index contributed by atoms with van der Waals surface area (Å²) in [5.41, 5.74) is 7.75. The molecule has 0 aromatic heterocycles. The molecule has 0 aliphatic carbocycles. The molecule has 138 valence electrons. The van der Waals surface area contributed by atoms with Crippen LogP contribution in [-0.4, -0.2) is 35.3 Å². The van der Waals surface area contributed by atoms with Crippen LogP contribution in [0.5, 0.6) is 0 Å². The van der Waals surface area contributed by atoms with Crippen molar-refractivity contribution in [1.82, 2.24) is 10.2 Å². The van der Waals surface area contributed by atoms with E-state index in [2.05, 4.69) is 19.2 Å². The molecule has 5 heteroatoms. The lowest BCUT2D eigenvalue weighted by atomic mass is 9.90. The Morgan fingerprint density at radius 1 is 1.36 bits per heavy atom. The van der Waals surface area contributed by atoms with Crippen LogP contribution in [0, 0.1) is 18.8 Å². The highest BCUT2D eigenvalue weighted by atomic mass is 16.2. The molecule has 2 unspecified atom stereocenters. The van der Waals surface area contributed by atoms with Crippen molar-refractivity contribution in [1.29, 1.82) is 0 Å². The zero-order valence-corrected chi connectivity index (χ0v) is 15.8. The van der Waals surface area contributed by atoms with Crippen molar-refractivity contribution in [2.24, 2.45) is 17.6 Å². The van der Waals surface area contributed by atoms with E-state index in [-0.39, 0.29) is 24.2 Å². The first-order valence-electron chi connectivity index (χ1n) is 9.08. The summed E-state index contributed by atoms with van der Waals surface area (Å²) in [5, 5.41) is 3.09. The topological polar surface area (TPSA) is 75.4 Å². The van der Waals surface area contributed by atoms with E-state index in [9.17, 15) is 9.59 Å². The third-order valence-corrected chi connectivity index (χ3v) is 4.81. The molecule has 2 atom stereocenters. The lowest BCUT2D eigenvalue weighted by Gasteiger charge is -2.32. The van der Waals surface area contributed by atoms with Crippen molar-refractivity contribution in [2.75, 3.05) is 13.1 Å². The minimum atomic E-state index is -0.418. The maximum Gasteiger partial charge on any atom is 0.225 e. The van der Waals surface area contributed by atoms with Crippen LogP contribution in [0.1, 0.15) is 44.7 Å². The molecule has 0 spiro atoms. The van der Waals surface area contributed by atoms with Crippen molar-refractivity contribution < 1.29 is 9.59 Å². The highest BCUT2D eigenvalue weighted by Gasteiger charge is 2.37. The molecule has 1 heterocycles. The van der Waals surface area contributed by atoms with Crippen LogP contribution in [0.4, 0.5) is 0 Å². The molecule has 0 saturated carbocycles. The van der Waals surface area contributed by atoms with Gasteiger partial charge >= 0.3 is 0 Å². The Morgan fingerprint density at radius 3 is 2.56 bits per heavy atom. The minimum absolute atomic E-state index is 0.0408. The Kier molecular flexibility index (Phi) is 6.22. The Hall–Kier alpha value is -1.88. The second-order valence-corrected chi connectivity index (χ2v) is 8.01. The summed E-state index contributed by atoms with van der Waals surface area (Å²) >= 11 is 0. The number of carbonyl (C=O) groups is 2. The quantitative estimate of drug-likeness (QED) is 0.796. The Bertz CT molecular complexity index is 612. The molecule has 1 aromatic carbocycles. The number of aryl methyl sites for hydroxylation is 1. The lowest BCUT2D eigenvalue weighted by Crippen LogP contribution is -2.54. The Balaban J connectivity index is 1.96. The first-order valence-corrected chi connectivity index (χ1v) is 9.08. The van der Waals surface area contributed by atoms with Crippen molar-refractivity contribution in [2.45, 2.75) is 52.6 Å². The van der Waals surface area contributed by atoms with Gasteiger partial charge in [0.1, 0.15) is 0 Å². The van der Waals surface area contributed by atoms with Gasteiger partial charge in [0.15, 0.2) is 0 Å². The maximum absolute atomic E-state index is 12.6. The number of hydrogen-bond acceptors (Lipinski definition) is 3. The molecule has 2 amide bonds. The fourth-order valence-electron chi connectivity index (χ4n) is 3.50. The van der Waals surface area contributed by atoms with Crippen molar-refractivity contribution in [3.63, 3.8) is 0 Å². The third kappa shape index (κ3) is 5.30. The molecule has 1 fully saturated rings. The molecule has 1 aromatic rings. The molecule has 0 radical (unpaired) electrons. The zero-order valence-electron chi connectivity index (χ0n) is 15.8. The molecule has 3 N–H and O–H groups in total. The molecular formula is C20H31N3O2. The number of nitrogens with two attached hydrogens (primary N) is 1. The monoisotopic (exact) mass is 345 g/mol. The lowest BCUT2D eigenvalue weighted by molar-refractivity contribution is -0.129. The van der Waals surface area contributed by atoms with Crippen LogP contribution in [0.15, 0.2) is 24.3 Å². The van der Waals surface area contributed by atoms with E-state index in [1.54, 1.807) is 4.90 Å². The number of carbonyl (C=O) groups excluding carboxylic acids is 2. The van der Waals surface area contributed by atoms with Gasteiger partial charge in [-0.1, -0.05) is 43.7 Å². The van der Waals surface area contributed by atoms with E-state index in [1.807, 2.05) is 38.1 Å². The van der Waals surface area contributed by atoms with Gasteiger partial charge in [0.25, 0.3) is 0 Å². The summed E-state index contributed by atoms with van der Waals surface area (Å²) < 4.78 is 0. The Labute approximate surface area is 151 Å². The van der Waals surface area contributed by atoms with Crippen LogP contribution in [0.2, 0.25) is 0 Å². The average molecular weight is 345 g/mol. The van der Waals surface area contributed by atoms with Gasteiger partial charge in [0.2, 0.25) is 11.8 Å². The maximum atomic E-state index is 12.6. The number of benzene rings is 1. The molecule has 1 aliphatic rings. The summed E-state index contributed by atoms with van der Waals surface area (Å²) in [6, 6.07) is 8.14. The second-order valence-electron chi connectivity index (χ2n) is 8.01. The molecule has 1 saturated heterocycles. The van der Waals surface area contributed by atoms with E-state index in [4.69, 9.17) is 5.73 Å². The zero-order chi connectivity index (χ0) is 18.6.